The van der Waals surface area contributed by atoms with E-state index in [4.69, 9.17) is 0 Å². The fourth-order valence-corrected chi connectivity index (χ4v) is 4.86. The van der Waals surface area contributed by atoms with Gasteiger partial charge in [-0.3, -0.25) is 14.2 Å². The molecule has 0 aliphatic heterocycles. The van der Waals surface area contributed by atoms with Crippen molar-refractivity contribution in [2.24, 2.45) is 0 Å². The van der Waals surface area contributed by atoms with E-state index in [1.54, 1.807) is 12.1 Å². The first-order valence-corrected chi connectivity index (χ1v) is 11.4. The summed E-state index contributed by atoms with van der Waals surface area (Å²) >= 11 is 8.36. The number of hydrogen-bond acceptors (Lipinski definition) is 4. The molecule has 2 heterocycles. The molecule has 0 fully saturated rings. The number of Topliss-reactive ketones (excluding diaryl/α,β-unsaturated/α-hetero) is 1. The number of thiophene rings is 1. The van der Waals surface area contributed by atoms with E-state index < -0.39 is 0 Å². The van der Waals surface area contributed by atoms with Gasteiger partial charge >= 0.3 is 0 Å². The molecule has 2 aromatic heterocycles. The number of aryl methyl sites for hydroxylation is 1. The SMILES string of the molecule is CCc1sc2ncn(CC(=O)c3ccc(Br)cc3)c(=O)c2c1-c1ccc(Br)cc1. The zero-order valence-corrected chi connectivity index (χ0v) is 19.5. The lowest BCUT2D eigenvalue weighted by molar-refractivity contribution is 0.0970. The van der Waals surface area contributed by atoms with Crippen molar-refractivity contribution in [1.29, 1.82) is 0 Å². The number of halogens is 2. The average Bonchev–Trinajstić information content (AvgIpc) is 3.10. The molecule has 0 atom stereocenters. The maximum absolute atomic E-state index is 13.3. The maximum Gasteiger partial charge on any atom is 0.263 e. The number of rotatable bonds is 5. The molecule has 146 valence electrons. The van der Waals surface area contributed by atoms with E-state index in [0.29, 0.717) is 15.8 Å². The average molecular weight is 532 g/mol. The number of carbonyl (C=O) groups excluding carboxylic acids is 1. The van der Waals surface area contributed by atoms with Crippen LogP contribution >= 0.6 is 43.2 Å². The summed E-state index contributed by atoms with van der Waals surface area (Å²) in [6, 6.07) is 15.0. The third-order valence-corrected chi connectivity index (χ3v) is 6.99. The summed E-state index contributed by atoms with van der Waals surface area (Å²) in [4.78, 5) is 32.3. The second-order valence-electron chi connectivity index (χ2n) is 6.55. The van der Waals surface area contributed by atoms with Gasteiger partial charge in [0.15, 0.2) is 5.78 Å². The van der Waals surface area contributed by atoms with Crippen molar-refractivity contribution >= 4 is 59.2 Å². The second kappa shape index (κ2) is 8.34. The monoisotopic (exact) mass is 530 g/mol. The van der Waals surface area contributed by atoms with E-state index in [2.05, 4.69) is 43.8 Å². The number of carbonyl (C=O) groups is 1. The molecular weight excluding hydrogens is 516 g/mol. The molecule has 4 aromatic rings. The van der Waals surface area contributed by atoms with Crippen LogP contribution in [-0.4, -0.2) is 15.3 Å². The molecule has 0 aliphatic carbocycles. The first-order chi connectivity index (χ1) is 14.0. The quantitative estimate of drug-likeness (QED) is 0.292. The summed E-state index contributed by atoms with van der Waals surface area (Å²) in [6.07, 6.45) is 2.28. The molecule has 4 rings (SSSR count). The topological polar surface area (TPSA) is 52.0 Å². The van der Waals surface area contributed by atoms with Crippen molar-refractivity contribution in [2.45, 2.75) is 19.9 Å². The fraction of sp³-hybridized carbons (Fsp3) is 0.136. The van der Waals surface area contributed by atoms with Crippen molar-refractivity contribution < 1.29 is 4.79 Å². The van der Waals surface area contributed by atoms with Crippen LogP contribution < -0.4 is 5.56 Å². The van der Waals surface area contributed by atoms with Gasteiger partial charge in [0.2, 0.25) is 0 Å². The number of aromatic nitrogens is 2. The van der Waals surface area contributed by atoms with Crippen LogP contribution in [0.5, 0.6) is 0 Å². The molecular formula is C22H16Br2N2O2S. The highest BCUT2D eigenvalue weighted by molar-refractivity contribution is 9.10. The highest BCUT2D eigenvalue weighted by Gasteiger charge is 2.19. The molecule has 0 aliphatic rings. The highest BCUT2D eigenvalue weighted by atomic mass is 79.9. The molecule has 0 saturated carbocycles. The van der Waals surface area contributed by atoms with Gasteiger partial charge in [-0.15, -0.1) is 11.3 Å². The molecule has 4 nitrogen and oxygen atoms in total. The lowest BCUT2D eigenvalue weighted by Crippen LogP contribution is -2.24. The molecule has 0 spiro atoms. The summed E-state index contributed by atoms with van der Waals surface area (Å²) in [7, 11) is 0. The summed E-state index contributed by atoms with van der Waals surface area (Å²) in [5.41, 5.74) is 2.28. The van der Waals surface area contributed by atoms with E-state index in [-0.39, 0.29) is 17.9 Å². The summed E-state index contributed by atoms with van der Waals surface area (Å²) in [5, 5.41) is 0.584. The summed E-state index contributed by atoms with van der Waals surface area (Å²) < 4.78 is 3.29. The Bertz CT molecular complexity index is 1260. The Hall–Kier alpha value is -2.09. The van der Waals surface area contributed by atoms with Crippen molar-refractivity contribution in [3.63, 3.8) is 0 Å². The number of fused-ring (bicyclic) bond motifs is 1. The predicted octanol–water partition coefficient (Wildman–Crippen LogP) is 6.10. The zero-order valence-electron chi connectivity index (χ0n) is 15.5. The maximum atomic E-state index is 13.3. The molecule has 0 radical (unpaired) electrons. The van der Waals surface area contributed by atoms with Gasteiger partial charge in [0.05, 0.1) is 18.3 Å². The van der Waals surface area contributed by atoms with E-state index in [1.165, 1.54) is 22.2 Å². The van der Waals surface area contributed by atoms with Gasteiger partial charge in [-0.2, -0.15) is 0 Å². The summed E-state index contributed by atoms with van der Waals surface area (Å²) in [6.45, 7) is 2.03. The third-order valence-electron chi connectivity index (χ3n) is 4.69. The molecule has 0 amide bonds. The second-order valence-corrected chi connectivity index (χ2v) is 9.46. The molecule has 0 saturated heterocycles. The molecule has 29 heavy (non-hydrogen) atoms. The summed E-state index contributed by atoms with van der Waals surface area (Å²) in [5.74, 6) is -0.128. The molecule has 0 unspecified atom stereocenters. The van der Waals surface area contributed by atoms with Crippen LogP contribution in [0.15, 0.2) is 68.6 Å². The Balaban J connectivity index is 1.81. The number of ketones is 1. The molecule has 0 N–H and O–H groups in total. The first-order valence-electron chi connectivity index (χ1n) is 9.03. The van der Waals surface area contributed by atoms with E-state index in [1.807, 2.05) is 36.4 Å². The van der Waals surface area contributed by atoms with Crippen LogP contribution in [0.1, 0.15) is 22.2 Å². The van der Waals surface area contributed by atoms with E-state index in [0.717, 1.165) is 31.4 Å². The van der Waals surface area contributed by atoms with Crippen molar-refractivity contribution in [3.8, 4) is 11.1 Å². The lowest BCUT2D eigenvalue weighted by Gasteiger charge is -2.07. The third kappa shape index (κ3) is 3.99. The molecule has 0 bridgehead atoms. The normalized spacial score (nSPS) is 11.1. The van der Waals surface area contributed by atoms with Crippen LogP contribution in [0.3, 0.4) is 0 Å². The van der Waals surface area contributed by atoms with Gasteiger partial charge in [-0.1, -0.05) is 63.0 Å². The van der Waals surface area contributed by atoms with Crippen LogP contribution in [0.2, 0.25) is 0 Å². The Morgan fingerprint density at radius 1 is 1.03 bits per heavy atom. The van der Waals surface area contributed by atoms with Crippen molar-refractivity contribution in [1.82, 2.24) is 9.55 Å². The Morgan fingerprint density at radius 3 is 2.28 bits per heavy atom. The Morgan fingerprint density at radius 2 is 1.66 bits per heavy atom. The van der Waals surface area contributed by atoms with Gasteiger partial charge in [0.25, 0.3) is 5.56 Å². The Kier molecular flexibility index (Phi) is 5.81. The van der Waals surface area contributed by atoms with E-state index >= 15 is 0 Å². The fourth-order valence-electron chi connectivity index (χ4n) is 3.24. The minimum Gasteiger partial charge on any atom is -0.292 e. The number of nitrogens with zero attached hydrogens (tertiary/aromatic N) is 2. The first kappa shape index (κ1) is 20.2. The molecule has 2 aromatic carbocycles. The van der Waals surface area contributed by atoms with Gasteiger partial charge in [0.1, 0.15) is 4.83 Å². The zero-order chi connectivity index (χ0) is 20.5. The van der Waals surface area contributed by atoms with Crippen molar-refractivity contribution in [3.05, 3.63) is 84.6 Å². The smallest absolute Gasteiger partial charge is 0.263 e. The van der Waals surface area contributed by atoms with Crippen LogP contribution in [0.4, 0.5) is 0 Å². The number of benzene rings is 2. The highest BCUT2D eigenvalue weighted by Crippen LogP contribution is 2.36. The van der Waals surface area contributed by atoms with Crippen molar-refractivity contribution in [2.75, 3.05) is 0 Å². The minimum absolute atomic E-state index is 0.0412. The van der Waals surface area contributed by atoms with Crippen LogP contribution in [0.25, 0.3) is 21.3 Å². The molecule has 7 heteroatoms. The van der Waals surface area contributed by atoms with Crippen LogP contribution in [-0.2, 0) is 13.0 Å². The van der Waals surface area contributed by atoms with Gasteiger partial charge < -0.3 is 0 Å². The minimum atomic E-state index is -0.186. The number of hydrogen-bond donors (Lipinski definition) is 0. The lowest BCUT2D eigenvalue weighted by atomic mass is 10.0. The standard InChI is InChI=1S/C22H16Br2N2O2S/c1-2-18-19(14-5-9-16(24)10-6-14)20-21(29-18)25-12-26(22(20)28)11-17(27)13-3-7-15(23)8-4-13/h3-10,12H,2,11H2,1H3. The van der Waals surface area contributed by atoms with E-state index in [9.17, 15) is 9.59 Å². The Labute approximate surface area is 188 Å². The van der Waals surface area contributed by atoms with Crippen LogP contribution in [0, 0.1) is 0 Å². The predicted molar refractivity (Wildman–Crippen MR) is 125 cm³/mol. The van der Waals surface area contributed by atoms with Gasteiger partial charge in [0, 0.05) is 24.9 Å². The largest absolute Gasteiger partial charge is 0.292 e. The van der Waals surface area contributed by atoms with Gasteiger partial charge in [-0.25, -0.2) is 4.98 Å². The van der Waals surface area contributed by atoms with Gasteiger partial charge in [-0.05, 0) is 36.2 Å².